The lowest BCUT2D eigenvalue weighted by Gasteiger charge is -2.31. The number of β-amino-alcohol motifs (C(OH)–C–C–N with tert-alkyl or cyclic N) is 1. The van der Waals surface area contributed by atoms with Gasteiger partial charge < -0.3 is 15.3 Å². The maximum Gasteiger partial charge on any atom is 0.239 e. The van der Waals surface area contributed by atoms with E-state index in [0.717, 1.165) is 19.3 Å². The summed E-state index contributed by atoms with van der Waals surface area (Å²) < 4.78 is 0. The number of carbonyl (C=O) groups is 1. The molecule has 4 heteroatoms. The van der Waals surface area contributed by atoms with Crippen LogP contribution in [0.5, 0.6) is 0 Å². The van der Waals surface area contributed by atoms with Crippen LogP contribution in [0.15, 0.2) is 0 Å². The Kier molecular flexibility index (Phi) is 3.22. The predicted octanol–water partition coefficient (Wildman–Crippen LogP) is 0.500. The molecule has 3 atom stereocenters. The number of hydrogen-bond donors (Lipinski definition) is 2. The van der Waals surface area contributed by atoms with Crippen LogP contribution in [0.25, 0.3) is 0 Å². The van der Waals surface area contributed by atoms with Crippen LogP contribution in [0.1, 0.15) is 39.5 Å². The second-order valence-corrected chi connectivity index (χ2v) is 5.56. The minimum absolute atomic E-state index is 0.0300. The number of piperidine rings is 1. The van der Waals surface area contributed by atoms with Crippen LogP contribution >= 0.6 is 0 Å². The molecule has 0 aromatic heterocycles. The van der Waals surface area contributed by atoms with E-state index in [9.17, 15) is 9.90 Å². The van der Waals surface area contributed by atoms with Gasteiger partial charge in [-0.25, -0.2) is 0 Å². The fourth-order valence-corrected chi connectivity index (χ4v) is 2.69. The lowest BCUT2D eigenvalue weighted by Crippen LogP contribution is -2.51. The van der Waals surface area contributed by atoms with E-state index >= 15 is 0 Å². The number of hydrogen-bond acceptors (Lipinski definition) is 3. The van der Waals surface area contributed by atoms with E-state index in [-0.39, 0.29) is 11.9 Å². The van der Waals surface area contributed by atoms with Crippen LogP contribution in [0.3, 0.4) is 0 Å². The Morgan fingerprint density at radius 3 is 2.81 bits per heavy atom. The Labute approximate surface area is 97.0 Å². The van der Waals surface area contributed by atoms with Crippen molar-refractivity contribution in [1.29, 1.82) is 0 Å². The van der Waals surface area contributed by atoms with Gasteiger partial charge in [-0.1, -0.05) is 0 Å². The van der Waals surface area contributed by atoms with E-state index in [4.69, 9.17) is 0 Å². The van der Waals surface area contributed by atoms with Crippen molar-refractivity contribution in [1.82, 2.24) is 10.2 Å². The van der Waals surface area contributed by atoms with Crippen LogP contribution in [0.2, 0.25) is 0 Å². The molecule has 2 heterocycles. The molecule has 0 bridgehead atoms. The highest BCUT2D eigenvalue weighted by Gasteiger charge is 2.37. The van der Waals surface area contributed by atoms with Crippen LogP contribution < -0.4 is 5.32 Å². The molecule has 0 spiro atoms. The van der Waals surface area contributed by atoms with Gasteiger partial charge in [0.2, 0.25) is 5.91 Å². The Morgan fingerprint density at radius 2 is 2.25 bits per heavy atom. The molecule has 0 aromatic rings. The Morgan fingerprint density at radius 1 is 1.50 bits per heavy atom. The Balaban J connectivity index is 1.92. The highest BCUT2D eigenvalue weighted by Crippen LogP contribution is 2.22. The molecule has 92 valence electrons. The summed E-state index contributed by atoms with van der Waals surface area (Å²) in [6.07, 6.45) is 3.90. The van der Waals surface area contributed by atoms with Gasteiger partial charge in [0.05, 0.1) is 11.6 Å². The summed E-state index contributed by atoms with van der Waals surface area (Å²) in [5, 5.41) is 13.2. The highest BCUT2D eigenvalue weighted by atomic mass is 16.3. The number of nitrogens with one attached hydrogen (secondary N) is 1. The monoisotopic (exact) mass is 226 g/mol. The molecule has 2 rings (SSSR count). The third-order valence-corrected chi connectivity index (χ3v) is 3.68. The smallest absolute Gasteiger partial charge is 0.239 e. The van der Waals surface area contributed by atoms with E-state index in [1.54, 1.807) is 11.8 Å². The fourth-order valence-electron chi connectivity index (χ4n) is 2.69. The first-order valence-electron chi connectivity index (χ1n) is 6.25. The molecule has 0 aliphatic carbocycles. The lowest BCUT2D eigenvalue weighted by atomic mass is 9.99. The van der Waals surface area contributed by atoms with Gasteiger partial charge in [-0.3, -0.25) is 4.79 Å². The first kappa shape index (κ1) is 11.9. The van der Waals surface area contributed by atoms with Crippen molar-refractivity contribution in [2.45, 2.75) is 57.2 Å². The average Bonchev–Trinajstić information content (AvgIpc) is 2.58. The van der Waals surface area contributed by atoms with E-state index in [0.29, 0.717) is 25.6 Å². The quantitative estimate of drug-likeness (QED) is 0.684. The molecule has 2 saturated heterocycles. The minimum Gasteiger partial charge on any atom is -0.388 e. The zero-order chi connectivity index (χ0) is 11.8. The van der Waals surface area contributed by atoms with Gasteiger partial charge in [-0.2, -0.15) is 0 Å². The fraction of sp³-hybridized carbons (Fsp3) is 0.917. The van der Waals surface area contributed by atoms with Crippen molar-refractivity contribution in [3.63, 3.8) is 0 Å². The standard InChI is InChI=1S/C12H22N2O2/c1-9-4-3-5-10(13-9)11(15)14-7-6-12(2,16)8-14/h9-10,13,16H,3-8H2,1-2H3. The second kappa shape index (κ2) is 4.34. The Bertz CT molecular complexity index is 274. The molecular weight excluding hydrogens is 204 g/mol. The van der Waals surface area contributed by atoms with Crippen LogP contribution in [-0.4, -0.2) is 46.7 Å². The largest absolute Gasteiger partial charge is 0.388 e. The summed E-state index contributed by atoms with van der Waals surface area (Å²) in [4.78, 5) is 14.0. The van der Waals surface area contributed by atoms with Gasteiger partial charge in [-0.05, 0) is 39.5 Å². The molecule has 1 amide bonds. The van der Waals surface area contributed by atoms with Crippen LogP contribution in [0, 0.1) is 0 Å². The van der Waals surface area contributed by atoms with Gasteiger partial charge in [0.25, 0.3) is 0 Å². The summed E-state index contributed by atoms with van der Waals surface area (Å²) in [6.45, 7) is 5.10. The third kappa shape index (κ3) is 2.55. The summed E-state index contributed by atoms with van der Waals surface area (Å²) >= 11 is 0. The minimum atomic E-state index is -0.685. The van der Waals surface area contributed by atoms with Gasteiger partial charge in [0, 0.05) is 19.1 Å². The van der Waals surface area contributed by atoms with Crippen molar-refractivity contribution in [3.8, 4) is 0 Å². The number of rotatable bonds is 1. The summed E-state index contributed by atoms with van der Waals surface area (Å²) in [5.41, 5.74) is -0.685. The van der Waals surface area contributed by atoms with Crippen molar-refractivity contribution < 1.29 is 9.90 Å². The molecular formula is C12H22N2O2. The maximum absolute atomic E-state index is 12.2. The van der Waals surface area contributed by atoms with Gasteiger partial charge >= 0.3 is 0 Å². The zero-order valence-corrected chi connectivity index (χ0v) is 10.2. The van der Waals surface area contributed by atoms with Crippen LogP contribution in [-0.2, 0) is 4.79 Å². The van der Waals surface area contributed by atoms with Gasteiger partial charge in [-0.15, -0.1) is 0 Å². The summed E-state index contributed by atoms with van der Waals surface area (Å²) in [5.74, 6) is 0.171. The molecule has 2 aliphatic rings. The topological polar surface area (TPSA) is 52.6 Å². The lowest BCUT2D eigenvalue weighted by molar-refractivity contribution is -0.134. The molecule has 0 radical (unpaired) electrons. The highest BCUT2D eigenvalue weighted by molar-refractivity contribution is 5.82. The molecule has 2 fully saturated rings. The third-order valence-electron chi connectivity index (χ3n) is 3.68. The zero-order valence-electron chi connectivity index (χ0n) is 10.2. The van der Waals surface area contributed by atoms with E-state index in [1.165, 1.54) is 0 Å². The number of carbonyl (C=O) groups excluding carboxylic acids is 1. The number of amides is 1. The predicted molar refractivity (Wildman–Crippen MR) is 62.1 cm³/mol. The second-order valence-electron chi connectivity index (χ2n) is 5.56. The molecule has 0 saturated carbocycles. The summed E-state index contributed by atoms with van der Waals surface area (Å²) in [6, 6.07) is 0.406. The molecule has 16 heavy (non-hydrogen) atoms. The molecule has 2 aliphatic heterocycles. The van der Waals surface area contributed by atoms with Crippen molar-refractivity contribution in [3.05, 3.63) is 0 Å². The van der Waals surface area contributed by atoms with E-state index in [2.05, 4.69) is 12.2 Å². The van der Waals surface area contributed by atoms with E-state index < -0.39 is 5.60 Å². The van der Waals surface area contributed by atoms with Gasteiger partial charge in [0.15, 0.2) is 0 Å². The number of nitrogens with zero attached hydrogens (tertiary/aromatic N) is 1. The normalized spacial score (nSPS) is 40.1. The average molecular weight is 226 g/mol. The van der Waals surface area contributed by atoms with Crippen LogP contribution in [0.4, 0.5) is 0 Å². The first-order chi connectivity index (χ1) is 7.48. The van der Waals surface area contributed by atoms with Gasteiger partial charge in [0.1, 0.15) is 0 Å². The van der Waals surface area contributed by atoms with Crippen molar-refractivity contribution in [2.24, 2.45) is 0 Å². The van der Waals surface area contributed by atoms with Crippen molar-refractivity contribution >= 4 is 5.91 Å². The first-order valence-corrected chi connectivity index (χ1v) is 6.25. The van der Waals surface area contributed by atoms with E-state index in [1.807, 2.05) is 0 Å². The SMILES string of the molecule is CC1CCCC(C(=O)N2CCC(C)(O)C2)N1. The number of likely N-dealkylation sites (tertiary alicyclic amines) is 1. The Hall–Kier alpha value is -0.610. The molecule has 4 nitrogen and oxygen atoms in total. The molecule has 2 N–H and O–H groups in total. The summed E-state index contributed by atoms with van der Waals surface area (Å²) in [7, 11) is 0. The molecule has 3 unspecified atom stereocenters. The van der Waals surface area contributed by atoms with Crippen molar-refractivity contribution in [2.75, 3.05) is 13.1 Å². The molecule has 0 aromatic carbocycles. The maximum atomic E-state index is 12.2. The number of aliphatic hydroxyl groups is 1.